The smallest absolute Gasteiger partial charge is 0.398 e. The number of fused-ring (bicyclic) bond motifs is 1. The van der Waals surface area contributed by atoms with Gasteiger partial charge in [-0.3, -0.25) is 0 Å². The van der Waals surface area contributed by atoms with E-state index >= 15 is 0 Å². The van der Waals surface area contributed by atoms with Gasteiger partial charge in [-0.25, -0.2) is 9.37 Å². The minimum Gasteiger partial charge on any atom is -0.398 e. The Balaban J connectivity index is 1.96. The highest BCUT2D eigenvalue weighted by molar-refractivity contribution is 6.54. The van der Waals surface area contributed by atoms with Crippen LogP contribution in [0.2, 0.25) is 5.15 Å². The van der Waals surface area contributed by atoms with Crippen LogP contribution in [0.5, 0.6) is 0 Å². The third-order valence-corrected chi connectivity index (χ3v) is 5.03. The van der Waals surface area contributed by atoms with Gasteiger partial charge in [-0.1, -0.05) is 23.2 Å². The monoisotopic (exact) mass is 347 g/mol. The Hall–Kier alpha value is -1.43. The third kappa shape index (κ3) is 3.08. The van der Waals surface area contributed by atoms with E-state index in [0.717, 1.165) is 16.5 Å². The van der Waals surface area contributed by atoms with Gasteiger partial charge in [0.1, 0.15) is 10.9 Å². The Morgan fingerprint density at radius 3 is 2.42 bits per heavy atom. The van der Waals surface area contributed by atoms with Crippen LogP contribution in [0, 0.1) is 6.92 Å². The van der Waals surface area contributed by atoms with Gasteiger partial charge in [0, 0.05) is 10.9 Å². The van der Waals surface area contributed by atoms with E-state index in [2.05, 4.69) is 4.98 Å². The molecule has 0 aliphatic carbocycles. The van der Waals surface area contributed by atoms with Crippen molar-refractivity contribution < 1.29 is 13.7 Å². The molecule has 0 bridgehead atoms. The maximum Gasteiger partial charge on any atom is 0.525 e. The molecule has 0 radical (unpaired) electrons. The zero-order valence-electron chi connectivity index (χ0n) is 14.5. The van der Waals surface area contributed by atoms with Gasteiger partial charge in [-0.05, 0) is 58.9 Å². The van der Waals surface area contributed by atoms with Crippen LogP contribution in [0.25, 0.3) is 17.0 Å². The highest BCUT2D eigenvalue weighted by Gasteiger charge is 2.53. The van der Waals surface area contributed by atoms with Crippen LogP contribution in [-0.2, 0) is 9.31 Å². The molecule has 1 saturated heterocycles. The first-order valence-electron chi connectivity index (χ1n) is 7.89. The molecule has 1 aromatic heterocycles. The summed E-state index contributed by atoms with van der Waals surface area (Å²) in [6, 6.07) is 7.67. The second-order valence-corrected chi connectivity index (χ2v) is 7.54. The van der Waals surface area contributed by atoms with Crippen LogP contribution in [0.3, 0.4) is 0 Å². The molecule has 3 nitrogen and oxygen atoms in total. The summed E-state index contributed by atoms with van der Waals surface area (Å²) in [5, 5.41) is 1.16. The number of pyridine rings is 1. The first-order chi connectivity index (χ1) is 11.1. The van der Waals surface area contributed by atoms with Crippen molar-refractivity contribution >= 4 is 35.7 Å². The molecule has 0 saturated carbocycles. The van der Waals surface area contributed by atoms with Gasteiger partial charge in [0.25, 0.3) is 0 Å². The Labute approximate surface area is 147 Å². The Kier molecular flexibility index (Phi) is 4.23. The quantitative estimate of drug-likeness (QED) is 0.557. The minimum atomic E-state index is -1.04. The lowest BCUT2D eigenvalue weighted by atomic mass is 9.87. The van der Waals surface area contributed by atoms with Crippen LogP contribution in [0.15, 0.2) is 30.0 Å². The molecule has 0 amide bonds. The molecule has 2 aromatic rings. The first-order valence-corrected chi connectivity index (χ1v) is 8.26. The summed E-state index contributed by atoms with van der Waals surface area (Å²) in [5.41, 5.74) is 0.676. The van der Waals surface area contributed by atoms with Crippen LogP contribution >= 0.6 is 11.6 Å². The number of halogens is 2. The number of aromatic nitrogens is 1. The standard InChI is InChI=1S/C18H20BClFNO2/c1-11-6-7-14-12(8-11)9-13(16(20)22-14)10-15(21)19-23-17(2,3)18(4,5)24-19/h6-10H,1-5H3. The SMILES string of the molecule is Cc1ccc2nc(Cl)c(C=C(F)B3OC(C)(C)C(C)(C)O3)cc2c1. The maximum absolute atomic E-state index is 14.7. The van der Waals surface area contributed by atoms with E-state index in [9.17, 15) is 4.39 Å². The fourth-order valence-corrected chi connectivity index (χ4v) is 2.76. The van der Waals surface area contributed by atoms with Gasteiger partial charge in [0.2, 0.25) is 0 Å². The van der Waals surface area contributed by atoms with E-state index in [1.54, 1.807) is 0 Å². The molecule has 24 heavy (non-hydrogen) atoms. The largest absolute Gasteiger partial charge is 0.525 e. The van der Waals surface area contributed by atoms with Gasteiger partial charge < -0.3 is 9.31 Å². The normalized spacial score (nSPS) is 20.0. The Morgan fingerprint density at radius 1 is 1.17 bits per heavy atom. The molecule has 1 aromatic carbocycles. The fourth-order valence-electron chi connectivity index (χ4n) is 2.56. The van der Waals surface area contributed by atoms with Gasteiger partial charge >= 0.3 is 7.12 Å². The molecule has 0 unspecified atom stereocenters. The molecule has 0 spiro atoms. The lowest BCUT2D eigenvalue weighted by Gasteiger charge is -2.32. The summed E-state index contributed by atoms with van der Waals surface area (Å²) in [5.74, 6) is 0. The summed E-state index contributed by atoms with van der Waals surface area (Å²) in [6.45, 7) is 9.52. The number of aryl methyl sites for hydroxylation is 1. The zero-order valence-corrected chi connectivity index (χ0v) is 15.2. The highest BCUT2D eigenvalue weighted by atomic mass is 35.5. The lowest BCUT2D eigenvalue weighted by molar-refractivity contribution is 0.00578. The Morgan fingerprint density at radius 2 is 1.79 bits per heavy atom. The van der Waals surface area contributed by atoms with E-state index < -0.39 is 24.0 Å². The van der Waals surface area contributed by atoms with E-state index in [1.807, 2.05) is 58.9 Å². The van der Waals surface area contributed by atoms with Gasteiger partial charge in [-0.15, -0.1) is 0 Å². The maximum atomic E-state index is 14.7. The van der Waals surface area contributed by atoms with Crippen molar-refractivity contribution in [1.29, 1.82) is 0 Å². The molecular formula is C18H20BClFNO2. The minimum absolute atomic E-state index is 0.248. The molecule has 1 fully saturated rings. The summed E-state index contributed by atoms with van der Waals surface area (Å²) in [6.07, 6.45) is 1.33. The summed E-state index contributed by atoms with van der Waals surface area (Å²) in [7, 11) is -1.04. The van der Waals surface area contributed by atoms with Gasteiger partial charge in [0.15, 0.2) is 0 Å². The molecule has 3 rings (SSSR count). The predicted octanol–water partition coefficient (Wildman–Crippen LogP) is 5.14. The summed E-state index contributed by atoms with van der Waals surface area (Å²) < 4.78 is 26.1. The van der Waals surface area contributed by atoms with Crippen LogP contribution in [0.4, 0.5) is 4.39 Å². The van der Waals surface area contributed by atoms with Crippen molar-refractivity contribution in [2.24, 2.45) is 0 Å². The van der Waals surface area contributed by atoms with E-state index in [1.165, 1.54) is 6.08 Å². The number of nitrogens with zero attached hydrogens (tertiary/aromatic N) is 1. The van der Waals surface area contributed by atoms with Gasteiger partial charge in [-0.2, -0.15) is 0 Å². The number of rotatable bonds is 2. The molecule has 126 valence electrons. The summed E-state index contributed by atoms with van der Waals surface area (Å²) in [4.78, 5) is 4.33. The molecule has 0 atom stereocenters. The lowest BCUT2D eigenvalue weighted by Crippen LogP contribution is -2.41. The van der Waals surface area contributed by atoms with Crippen molar-refractivity contribution in [3.8, 4) is 0 Å². The second-order valence-electron chi connectivity index (χ2n) is 7.18. The average molecular weight is 348 g/mol. The average Bonchev–Trinajstić information content (AvgIpc) is 2.69. The van der Waals surface area contributed by atoms with Crippen molar-refractivity contribution in [3.63, 3.8) is 0 Å². The van der Waals surface area contributed by atoms with Crippen molar-refractivity contribution in [2.45, 2.75) is 45.8 Å². The van der Waals surface area contributed by atoms with Crippen molar-refractivity contribution in [1.82, 2.24) is 4.98 Å². The second kappa shape index (κ2) is 5.83. The molecule has 1 aliphatic rings. The fraction of sp³-hybridized carbons (Fsp3) is 0.389. The predicted molar refractivity (Wildman–Crippen MR) is 96.7 cm³/mol. The summed E-state index contributed by atoms with van der Waals surface area (Å²) >= 11 is 6.20. The molecule has 1 aliphatic heterocycles. The number of benzene rings is 1. The van der Waals surface area contributed by atoms with Crippen LogP contribution < -0.4 is 0 Å². The first kappa shape index (κ1) is 17.4. The molecule has 6 heteroatoms. The third-order valence-electron chi connectivity index (χ3n) is 4.72. The van der Waals surface area contributed by atoms with Crippen molar-refractivity contribution in [3.05, 3.63) is 46.3 Å². The van der Waals surface area contributed by atoms with Crippen LogP contribution in [0.1, 0.15) is 38.8 Å². The molecular weight excluding hydrogens is 327 g/mol. The molecule has 0 N–H and O–H groups in total. The van der Waals surface area contributed by atoms with Crippen LogP contribution in [-0.4, -0.2) is 23.3 Å². The molecule has 2 heterocycles. The van der Waals surface area contributed by atoms with Gasteiger partial charge in [0.05, 0.1) is 16.7 Å². The number of hydrogen-bond acceptors (Lipinski definition) is 3. The van der Waals surface area contributed by atoms with E-state index in [0.29, 0.717) is 5.56 Å². The highest BCUT2D eigenvalue weighted by Crippen LogP contribution is 2.39. The van der Waals surface area contributed by atoms with E-state index in [-0.39, 0.29) is 5.15 Å². The Bertz CT molecular complexity index is 819. The number of hydrogen-bond donors (Lipinski definition) is 0. The topological polar surface area (TPSA) is 31.4 Å². The zero-order chi connectivity index (χ0) is 17.7. The van der Waals surface area contributed by atoms with E-state index in [4.69, 9.17) is 20.9 Å². The van der Waals surface area contributed by atoms with Crippen molar-refractivity contribution in [2.75, 3.05) is 0 Å².